The maximum Gasteiger partial charge on any atom is 0.0913 e. The molecule has 1 unspecified atom stereocenters. The fourth-order valence-corrected chi connectivity index (χ4v) is 4.88. The quantitative estimate of drug-likeness (QED) is 0.499. The van der Waals surface area contributed by atoms with Crippen LogP contribution in [0.3, 0.4) is 0 Å². The molecule has 0 amide bonds. The van der Waals surface area contributed by atoms with Crippen molar-refractivity contribution in [1.82, 2.24) is 0 Å². The molecule has 0 aromatic carbocycles. The Hall–Kier alpha value is -0.0831. The minimum atomic E-state index is -1.38. The van der Waals surface area contributed by atoms with Gasteiger partial charge in [0.05, 0.1) is 13.8 Å². The van der Waals surface area contributed by atoms with Gasteiger partial charge in [0.1, 0.15) is 0 Å². The summed E-state index contributed by atoms with van der Waals surface area (Å²) in [6, 6.07) is 3.48. The van der Waals surface area contributed by atoms with Gasteiger partial charge in [-0.05, 0) is 0 Å². The zero-order valence-electron chi connectivity index (χ0n) is 7.93. The molecule has 0 heterocycles. The molecule has 0 rings (SSSR count). The van der Waals surface area contributed by atoms with Crippen LogP contribution in [-0.2, 0) is 0 Å². The highest BCUT2D eigenvalue weighted by Crippen LogP contribution is 2.24. The minimum absolute atomic E-state index is 0.206. The zero-order chi connectivity index (χ0) is 8.91. The summed E-state index contributed by atoms with van der Waals surface area (Å²) in [7, 11) is -1.38. The third-order valence-corrected chi connectivity index (χ3v) is 8.68. The average molecular weight is 172 g/mol. The van der Waals surface area contributed by atoms with Crippen molar-refractivity contribution in [3.8, 4) is 0 Å². The van der Waals surface area contributed by atoms with Gasteiger partial charge in [-0.1, -0.05) is 45.0 Å². The van der Waals surface area contributed by atoms with Gasteiger partial charge in [0.25, 0.3) is 0 Å². The molecule has 0 aliphatic carbocycles. The minimum Gasteiger partial charge on any atom is -0.393 e. The maximum absolute atomic E-state index is 9.71. The van der Waals surface area contributed by atoms with Crippen molar-refractivity contribution in [3.63, 3.8) is 0 Å². The lowest BCUT2D eigenvalue weighted by atomic mass is 10.7. The molecule has 1 atom stereocenters. The van der Waals surface area contributed by atoms with Gasteiger partial charge in [-0.3, -0.25) is 0 Å². The smallest absolute Gasteiger partial charge is 0.0913 e. The van der Waals surface area contributed by atoms with Crippen molar-refractivity contribution < 1.29 is 5.11 Å². The average Bonchev–Trinajstić information content (AvgIpc) is 2.08. The molecule has 0 aliphatic rings. The molecule has 0 aromatic rings. The lowest BCUT2D eigenvalue weighted by molar-refractivity contribution is 0.288. The molecule has 66 valence electrons. The molecule has 11 heavy (non-hydrogen) atoms. The fourth-order valence-electron chi connectivity index (χ4n) is 1.63. The monoisotopic (exact) mass is 172 g/mol. The number of aliphatic hydroxyl groups is 1. The van der Waals surface area contributed by atoms with Gasteiger partial charge in [0.2, 0.25) is 0 Å². The summed E-state index contributed by atoms with van der Waals surface area (Å²) < 4.78 is 0. The number of hydrogen-bond donors (Lipinski definition) is 1. The van der Waals surface area contributed by atoms with Crippen molar-refractivity contribution in [3.05, 3.63) is 12.7 Å². The predicted molar refractivity (Wildman–Crippen MR) is 53.4 cm³/mol. The van der Waals surface area contributed by atoms with E-state index in [-0.39, 0.29) is 5.73 Å². The topological polar surface area (TPSA) is 20.2 Å². The summed E-state index contributed by atoms with van der Waals surface area (Å²) in [5.74, 6) is 0. The third-order valence-electron chi connectivity index (χ3n) is 2.96. The summed E-state index contributed by atoms with van der Waals surface area (Å²) in [6.07, 6.45) is 1.71. The van der Waals surface area contributed by atoms with E-state index in [0.29, 0.717) is 0 Å². The van der Waals surface area contributed by atoms with E-state index in [1.165, 1.54) is 0 Å². The van der Waals surface area contributed by atoms with E-state index in [9.17, 15) is 5.11 Å². The fraction of sp³-hybridized carbons (Fsp3) is 0.778. The molecule has 0 saturated carbocycles. The second-order valence-corrected chi connectivity index (χ2v) is 8.54. The standard InChI is InChI=1S/C9H20OSi/c1-5-9(10)11(6-2,7-3)8-4/h5,9-10H,1,6-8H2,2-4H3. The summed E-state index contributed by atoms with van der Waals surface area (Å²) >= 11 is 0. The number of rotatable bonds is 5. The van der Waals surface area contributed by atoms with Crippen molar-refractivity contribution in [2.24, 2.45) is 0 Å². The Morgan fingerprint density at radius 1 is 1.27 bits per heavy atom. The Morgan fingerprint density at radius 3 is 1.73 bits per heavy atom. The van der Waals surface area contributed by atoms with Crippen LogP contribution in [0.4, 0.5) is 0 Å². The molecule has 0 aliphatic heterocycles. The van der Waals surface area contributed by atoms with Crippen LogP contribution in [0, 0.1) is 0 Å². The highest BCUT2D eigenvalue weighted by molar-refractivity contribution is 6.81. The van der Waals surface area contributed by atoms with Crippen LogP contribution in [0.15, 0.2) is 12.7 Å². The van der Waals surface area contributed by atoms with Gasteiger partial charge in [0.15, 0.2) is 0 Å². The van der Waals surface area contributed by atoms with Gasteiger partial charge in [0, 0.05) is 0 Å². The Labute approximate surface area is 71.1 Å². The van der Waals surface area contributed by atoms with Gasteiger partial charge in [-0.25, -0.2) is 0 Å². The van der Waals surface area contributed by atoms with Crippen LogP contribution < -0.4 is 0 Å². The van der Waals surface area contributed by atoms with E-state index in [1.54, 1.807) is 6.08 Å². The van der Waals surface area contributed by atoms with Crippen molar-refractivity contribution in [1.29, 1.82) is 0 Å². The van der Waals surface area contributed by atoms with E-state index in [4.69, 9.17) is 0 Å². The van der Waals surface area contributed by atoms with Crippen LogP contribution in [0.25, 0.3) is 0 Å². The third kappa shape index (κ3) is 2.17. The number of aliphatic hydroxyl groups excluding tert-OH is 1. The molecule has 0 saturated heterocycles. The first-order valence-electron chi connectivity index (χ1n) is 4.47. The lowest BCUT2D eigenvalue weighted by Crippen LogP contribution is -2.44. The predicted octanol–water partition coefficient (Wildman–Crippen LogP) is 2.58. The lowest BCUT2D eigenvalue weighted by Gasteiger charge is -2.31. The molecular formula is C9H20OSi. The van der Waals surface area contributed by atoms with Crippen LogP contribution in [0.1, 0.15) is 20.8 Å². The molecule has 0 spiro atoms. The van der Waals surface area contributed by atoms with Crippen LogP contribution >= 0.6 is 0 Å². The molecule has 0 bridgehead atoms. The summed E-state index contributed by atoms with van der Waals surface area (Å²) in [4.78, 5) is 0. The highest BCUT2D eigenvalue weighted by Gasteiger charge is 2.33. The molecule has 0 radical (unpaired) electrons. The van der Waals surface area contributed by atoms with E-state index in [0.717, 1.165) is 18.1 Å². The highest BCUT2D eigenvalue weighted by atomic mass is 28.3. The number of hydrogen-bond acceptors (Lipinski definition) is 1. The second-order valence-electron chi connectivity index (χ2n) is 3.10. The van der Waals surface area contributed by atoms with Crippen molar-refractivity contribution >= 4 is 8.07 Å². The largest absolute Gasteiger partial charge is 0.393 e. The zero-order valence-corrected chi connectivity index (χ0v) is 8.93. The van der Waals surface area contributed by atoms with Gasteiger partial charge >= 0.3 is 0 Å². The van der Waals surface area contributed by atoms with Gasteiger partial charge in [-0.15, -0.1) is 6.58 Å². The molecular weight excluding hydrogens is 152 g/mol. The van der Waals surface area contributed by atoms with Gasteiger partial charge < -0.3 is 5.11 Å². The Bertz CT molecular complexity index is 110. The first-order chi connectivity index (χ1) is 5.16. The van der Waals surface area contributed by atoms with Crippen LogP contribution in [-0.4, -0.2) is 18.9 Å². The molecule has 0 fully saturated rings. The SMILES string of the molecule is C=CC(O)[Si](CC)(CC)CC. The Kier molecular flexibility index (Phi) is 4.69. The molecule has 1 N–H and O–H groups in total. The van der Waals surface area contributed by atoms with Crippen molar-refractivity contribution in [2.75, 3.05) is 0 Å². The maximum atomic E-state index is 9.71. The summed E-state index contributed by atoms with van der Waals surface area (Å²) in [6.45, 7) is 10.2. The molecule has 0 aromatic heterocycles. The molecule has 2 heteroatoms. The first-order valence-corrected chi connectivity index (χ1v) is 7.17. The van der Waals surface area contributed by atoms with Crippen molar-refractivity contribution in [2.45, 2.75) is 44.6 Å². The van der Waals surface area contributed by atoms with E-state index in [1.807, 2.05) is 0 Å². The Morgan fingerprint density at radius 2 is 1.64 bits per heavy atom. The first kappa shape index (κ1) is 10.9. The van der Waals surface area contributed by atoms with Crippen LogP contribution in [0.2, 0.25) is 18.1 Å². The second kappa shape index (κ2) is 4.73. The normalized spacial score (nSPS) is 14.5. The van der Waals surface area contributed by atoms with E-state index in [2.05, 4.69) is 27.4 Å². The van der Waals surface area contributed by atoms with E-state index >= 15 is 0 Å². The summed E-state index contributed by atoms with van der Waals surface area (Å²) in [5.41, 5.74) is -0.206. The van der Waals surface area contributed by atoms with Crippen LogP contribution in [0.5, 0.6) is 0 Å². The van der Waals surface area contributed by atoms with Gasteiger partial charge in [-0.2, -0.15) is 0 Å². The Balaban J connectivity index is 4.38. The summed E-state index contributed by atoms with van der Waals surface area (Å²) in [5, 5.41) is 9.71. The van der Waals surface area contributed by atoms with E-state index < -0.39 is 8.07 Å². The molecule has 1 nitrogen and oxygen atoms in total.